The largest absolute Gasteiger partial charge is 0.382 e. The lowest BCUT2D eigenvalue weighted by molar-refractivity contribution is 0.131. The second-order valence-electron chi connectivity index (χ2n) is 3.57. The highest BCUT2D eigenvalue weighted by Crippen LogP contribution is 2.01. The minimum absolute atomic E-state index is 0.438. The van der Waals surface area contributed by atoms with Crippen molar-refractivity contribution in [2.24, 2.45) is 0 Å². The molecule has 0 saturated carbocycles. The molecule has 1 aromatic heterocycles. The van der Waals surface area contributed by atoms with Crippen molar-refractivity contribution >= 4 is 11.6 Å². The van der Waals surface area contributed by atoms with E-state index in [0.29, 0.717) is 5.82 Å². The number of nitrogens with zero attached hydrogens (tertiary/aromatic N) is 2. The molecule has 90 valence electrons. The molecule has 0 spiro atoms. The zero-order chi connectivity index (χ0) is 11.6. The van der Waals surface area contributed by atoms with Crippen molar-refractivity contribution in [1.29, 1.82) is 0 Å². The van der Waals surface area contributed by atoms with Crippen LogP contribution in [0.5, 0.6) is 0 Å². The van der Waals surface area contributed by atoms with Crippen molar-refractivity contribution in [1.82, 2.24) is 9.97 Å². The maximum absolute atomic E-state index is 5.44. The van der Waals surface area contributed by atoms with Crippen molar-refractivity contribution in [3.63, 3.8) is 0 Å². The van der Waals surface area contributed by atoms with Gasteiger partial charge in [-0.3, -0.25) is 0 Å². The van der Waals surface area contributed by atoms with Gasteiger partial charge >= 0.3 is 0 Å². The van der Waals surface area contributed by atoms with Crippen LogP contribution in [0.25, 0.3) is 0 Å². The van der Waals surface area contributed by atoms with Gasteiger partial charge < -0.3 is 15.8 Å². The molecule has 5 nitrogen and oxygen atoms in total. The molecule has 5 heteroatoms. The lowest BCUT2D eigenvalue weighted by Gasteiger charge is -2.05. The lowest BCUT2D eigenvalue weighted by Crippen LogP contribution is -2.08. The number of aromatic nitrogens is 2. The van der Waals surface area contributed by atoms with Gasteiger partial charge in [-0.25, -0.2) is 9.97 Å². The van der Waals surface area contributed by atoms with E-state index in [1.807, 2.05) is 0 Å². The molecule has 16 heavy (non-hydrogen) atoms. The summed E-state index contributed by atoms with van der Waals surface area (Å²) in [6, 6.07) is 0. The molecule has 1 aromatic rings. The number of ether oxygens (including phenoxy) is 1. The van der Waals surface area contributed by atoms with Crippen LogP contribution >= 0.6 is 0 Å². The Morgan fingerprint density at radius 2 is 2.06 bits per heavy atom. The van der Waals surface area contributed by atoms with E-state index in [1.54, 1.807) is 12.4 Å². The van der Waals surface area contributed by atoms with Gasteiger partial charge in [0.25, 0.3) is 0 Å². The summed E-state index contributed by atoms with van der Waals surface area (Å²) in [5.74, 6) is 1.19. The Hall–Kier alpha value is -1.36. The van der Waals surface area contributed by atoms with Crippen molar-refractivity contribution in [3.05, 3.63) is 12.4 Å². The summed E-state index contributed by atoms with van der Waals surface area (Å²) >= 11 is 0. The number of nitrogens with one attached hydrogen (secondary N) is 1. The first-order chi connectivity index (χ1) is 7.83. The van der Waals surface area contributed by atoms with E-state index in [9.17, 15) is 0 Å². The van der Waals surface area contributed by atoms with Crippen LogP contribution < -0.4 is 11.1 Å². The second kappa shape index (κ2) is 7.87. The van der Waals surface area contributed by atoms with Crippen LogP contribution in [0, 0.1) is 0 Å². The minimum atomic E-state index is 0.438. The molecule has 0 fully saturated rings. The molecular formula is C11H20N4O. The maximum atomic E-state index is 5.44. The average Bonchev–Trinajstić information content (AvgIpc) is 2.30. The molecule has 0 aliphatic carbocycles. The molecule has 0 aliphatic rings. The summed E-state index contributed by atoms with van der Waals surface area (Å²) in [4.78, 5) is 8.03. The van der Waals surface area contributed by atoms with E-state index >= 15 is 0 Å². The van der Waals surface area contributed by atoms with E-state index in [4.69, 9.17) is 10.5 Å². The number of hydrogen-bond donors (Lipinski definition) is 2. The summed E-state index contributed by atoms with van der Waals surface area (Å²) in [5, 5.41) is 3.15. The summed E-state index contributed by atoms with van der Waals surface area (Å²) in [7, 11) is 0. The van der Waals surface area contributed by atoms with E-state index < -0.39 is 0 Å². The third-order valence-electron chi connectivity index (χ3n) is 2.09. The summed E-state index contributed by atoms with van der Waals surface area (Å²) < 4.78 is 5.44. The SMILES string of the molecule is CCCCOCCCNc1cnc(N)cn1. The molecule has 3 N–H and O–H groups in total. The highest BCUT2D eigenvalue weighted by Gasteiger charge is 1.94. The van der Waals surface area contributed by atoms with Gasteiger partial charge in [-0.05, 0) is 12.8 Å². The average molecular weight is 224 g/mol. The highest BCUT2D eigenvalue weighted by molar-refractivity contribution is 5.35. The third kappa shape index (κ3) is 5.50. The molecule has 0 aliphatic heterocycles. The number of unbranched alkanes of at least 4 members (excludes halogenated alkanes) is 1. The fourth-order valence-corrected chi connectivity index (χ4v) is 1.17. The van der Waals surface area contributed by atoms with E-state index in [0.717, 1.165) is 38.4 Å². The van der Waals surface area contributed by atoms with E-state index in [-0.39, 0.29) is 0 Å². The summed E-state index contributed by atoms with van der Waals surface area (Å²) in [6.07, 6.45) is 6.46. The molecule has 0 amide bonds. The maximum Gasteiger partial charge on any atom is 0.144 e. The lowest BCUT2D eigenvalue weighted by atomic mass is 10.4. The van der Waals surface area contributed by atoms with Gasteiger partial charge in [-0.1, -0.05) is 13.3 Å². The van der Waals surface area contributed by atoms with Gasteiger partial charge in [-0.2, -0.15) is 0 Å². The molecule has 0 radical (unpaired) electrons. The Balaban J connectivity index is 2.01. The first kappa shape index (κ1) is 12.7. The Bertz CT molecular complexity index is 276. The zero-order valence-corrected chi connectivity index (χ0v) is 9.78. The fourth-order valence-electron chi connectivity index (χ4n) is 1.17. The molecule has 0 aromatic carbocycles. The quantitative estimate of drug-likeness (QED) is 0.657. The van der Waals surface area contributed by atoms with E-state index in [2.05, 4.69) is 22.2 Å². The fraction of sp³-hybridized carbons (Fsp3) is 0.636. The molecule has 0 saturated heterocycles. The van der Waals surface area contributed by atoms with Crippen LogP contribution in [0.3, 0.4) is 0 Å². The predicted molar refractivity (Wildman–Crippen MR) is 65.3 cm³/mol. The Morgan fingerprint density at radius 1 is 1.25 bits per heavy atom. The van der Waals surface area contributed by atoms with Gasteiger partial charge in [0.15, 0.2) is 0 Å². The number of nitrogens with two attached hydrogens (primary N) is 1. The molecule has 1 heterocycles. The van der Waals surface area contributed by atoms with Crippen LogP contribution in [0.1, 0.15) is 26.2 Å². The standard InChI is InChI=1S/C11H20N4O/c1-2-3-6-16-7-4-5-13-11-9-14-10(12)8-15-11/h8-9H,2-7H2,1H3,(H2,12,14)(H,13,15). The van der Waals surface area contributed by atoms with Crippen molar-refractivity contribution < 1.29 is 4.74 Å². The van der Waals surface area contributed by atoms with E-state index in [1.165, 1.54) is 6.42 Å². The van der Waals surface area contributed by atoms with Crippen LogP contribution in [0.4, 0.5) is 11.6 Å². The van der Waals surface area contributed by atoms with Gasteiger partial charge in [0, 0.05) is 19.8 Å². The molecule has 0 unspecified atom stereocenters. The van der Waals surface area contributed by atoms with Gasteiger partial charge in [0.05, 0.1) is 12.4 Å². The number of rotatable bonds is 8. The van der Waals surface area contributed by atoms with Crippen LogP contribution in [-0.2, 0) is 4.74 Å². The molecule has 1 rings (SSSR count). The Kier molecular flexibility index (Phi) is 6.25. The number of anilines is 2. The van der Waals surface area contributed by atoms with Crippen LogP contribution in [0.2, 0.25) is 0 Å². The topological polar surface area (TPSA) is 73.1 Å². The summed E-state index contributed by atoms with van der Waals surface area (Å²) in [6.45, 7) is 4.64. The third-order valence-corrected chi connectivity index (χ3v) is 2.09. The normalized spacial score (nSPS) is 10.3. The number of hydrogen-bond acceptors (Lipinski definition) is 5. The second-order valence-corrected chi connectivity index (χ2v) is 3.57. The Morgan fingerprint density at radius 3 is 2.75 bits per heavy atom. The van der Waals surface area contributed by atoms with Crippen molar-refractivity contribution in [2.45, 2.75) is 26.2 Å². The highest BCUT2D eigenvalue weighted by atomic mass is 16.5. The smallest absolute Gasteiger partial charge is 0.144 e. The monoisotopic (exact) mass is 224 g/mol. The first-order valence-electron chi connectivity index (χ1n) is 5.72. The first-order valence-corrected chi connectivity index (χ1v) is 5.72. The van der Waals surface area contributed by atoms with Gasteiger partial charge in [-0.15, -0.1) is 0 Å². The molecule has 0 bridgehead atoms. The molecular weight excluding hydrogens is 204 g/mol. The predicted octanol–water partition coefficient (Wildman–Crippen LogP) is 1.68. The van der Waals surface area contributed by atoms with Crippen molar-refractivity contribution in [3.8, 4) is 0 Å². The number of nitrogen functional groups attached to an aromatic ring is 1. The molecule has 0 atom stereocenters. The Labute approximate surface area is 96.4 Å². The van der Waals surface area contributed by atoms with Crippen LogP contribution in [0.15, 0.2) is 12.4 Å². The summed E-state index contributed by atoms with van der Waals surface area (Å²) in [5.41, 5.74) is 5.43. The van der Waals surface area contributed by atoms with Gasteiger partial charge in [0.2, 0.25) is 0 Å². The van der Waals surface area contributed by atoms with Crippen LogP contribution in [-0.4, -0.2) is 29.7 Å². The van der Waals surface area contributed by atoms with Gasteiger partial charge in [0.1, 0.15) is 11.6 Å². The van der Waals surface area contributed by atoms with Crippen molar-refractivity contribution in [2.75, 3.05) is 30.8 Å². The zero-order valence-electron chi connectivity index (χ0n) is 9.78. The minimum Gasteiger partial charge on any atom is -0.382 e.